The Balaban J connectivity index is 1.81. The standard InChI is InChI=1S/C21H21N3O2S/c1-14-12-16(15-8-4-2-5-9-15)23-20-17(14)18(19(27-20)21(25)26)22-13-24-10-6-3-7-11-24/h2,4-5,8-9,12-13H,3,6-7,10-11H2,1H3,(H,25,26). The summed E-state index contributed by atoms with van der Waals surface area (Å²) in [6, 6.07) is 11.9. The van der Waals surface area contributed by atoms with Crippen LogP contribution in [0.1, 0.15) is 34.5 Å². The summed E-state index contributed by atoms with van der Waals surface area (Å²) in [4.78, 5) is 24.3. The number of thiophene rings is 1. The zero-order valence-corrected chi connectivity index (χ0v) is 16.0. The molecule has 0 aliphatic carbocycles. The van der Waals surface area contributed by atoms with Gasteiger partial charge >= 0.3 is 5.97 Å². The van der Waals surface area contributed by atoms with Crippen LogP contribution in [0.25, 0.3) is 21.5 Å². The third-order valence-corrected chi connectivity index (χ3v) is 5.90. The zero-order chi connectivity index (χ0) is 18.8. The van der Waals surface area contributed by atoms with Crippen LogP contribution in [0.2, 0.25) is 0 Å². The second-order valence-electron chi connectivity index (χ2n) is 6.80. The molecular formula is C21H21N3O2S. The van der Waals surface area contributed by atoms with Crippen LogP contribution >= 0.6 is 11.3 Å². The van der Waals surface area contributed by atoms with Gasteiger partial charge in [0.05, 0.1) is 17.7 Å². The zero-order valence-electron chi connectivity index (χ0n) is 15.2. The molecule has 1 aliphatic rings. The van der Waals surface area contributed by atoms with Gasteiger partial charge in [-0.25, -0.2) is 14.8 Å². The van der Waals surface area contributed by atoms with Crippen molar-refractivity contribution in [3.05, 3.63) is 46.8 Å². The first-order valence-electron chi connectivity index (χ1n) is 9.14. The molecule has 0 bridgehead atoms. The SMILES string of the molecule is Cc1cc(-c2ccccc2)nc2sc(C(=O)O)c(N=CN3CCCCC3)c12. The monoisotopic (exact) mass is 379 g/mol. The molecule has 0 atom stereocenters. The second-order valence-corrected chi connectivity index (χ2v) is 7.80. The summed E-state index contributed by atoms with van der Waals surface area (Å²) in [5.74, 6) is -0.954. The van der Waals surface area contributed by atoms with Gasteiger partial charge in [0.2, 0.25) is 0 Å². The average molecular weight is 379 g/mol. The van der Waals surface area contributed by atoms with E-state index in [1.807, 2.05) is 43.3 Å². The topological polar surface area (TPSA) is 65.8 Å². The van der Waals surface area contributed by atoms with Crippen LogP contribution in [0.5, 0.6) is 0 Å². The minimum Gasteiger partial charge on any atom is -0.477 e. The van der Waals surface area contributed by atoms with Crippen LogP contribution in [0.15, 0.2) is 41.4 Å². The summed E-state index contributed by atoms with van der Waals surface area (Å²) < 4.78 is 0. The molecule has 0 spiro atoms. The first kappa shape index (κ1) is 17.7. The predicted octanol–water partition coefficient (Wildman–Crippen LogP) is 5.12. The Kier molecular flexibility index (Phi) is 4.90. The van der Waals surface area contributed by atoms with Crippen LogP contribution in [0.4, 0.5) is 5.69 Å². The largest absolute Gasteiger partial charge is 0.477 e. The van der Waals surface area contributed by atoms with E-state index in [1.165, 1.54) is 17.8 Å². The molecule has 3 heterocycles. The van der Waals surface area contributed by atoms with Gasteiger partial charge in [-0.1, -0.05) is 30.3 Å². The number of pyridine rings is 1. The summed E-state index contributed by atoms with van der Waals surface area (Å²) in [7, 11) is 0. The number of hydrogen-bond acceptors (Lipinski definition) is 4. The normalized spacial score (nSPS) is 14.9. The number of carboxylic acids is 1. The van der Waals surface area contributed by atoms with Crippen molar-refractivity contribution in [2.24, 2.45) is 4.99 Å². The lowest BCUT2D eigenvalue weighted by molar-refractivity contribution is 0.0703. The molecule has 0 radical (unpaired) electrons. The average Bonchev–Trinajstić information content (AvgIpc) is 3.07. The van der Waals surface area contributed by atoms with Gasteiger partial charge in [0.1, 0.15) is 9.71 Å². The maximum atomic E-state index is 11.8. The molecule has 1 fully saturated rings. The number of rotatable bonds is 4. The van der Waals surface area contributed by atoms with Crippen LogP contribution in [0, 0.1) is 6.92 Å². The van der Waals surface area contributed by atoms with Crippen LogP contribution in [-0.4, -0.2) is 40.4 Å². The summed E-state index contributed by atoms with van der Waals surface area (Å²) in [5, 5.41) is 10.5. The fourth-order valence-electron chi connectivity index (χ4n) is 3.46. The minimum atomic E-state index is -0.954. The molecule has 1 aromatic carbocycles. The highest BCUT2D eigenvalue weighted by Gasteiger charge is 2.21. The van der Waals surface area contributed by atoms with E-state index in [1.54, 1.807) is 6.34 Å². The highest BCUT2D eigenvalue weighted by atomic mass is 32.1. The number of benzene rings is 1. The molecule has 1 aliphatic heterocycles. The van der Waals surface area contributed by atoms with Gasteiger partial charge in [-0.05, 0) is 37.8 Å². The molecule has 0 amide bonds. The van der Waals surface area contributed by atoms with E-state index in [0.29, 0.717) is 5.69 Å². The number of likely N-dealkylation sites (tertiary alicyclic amines) is 1. The first-order chi connectivity index (χ1) is 13.1. The Morgan fingerprint density at radius 3 is 2.67 bits per heavy atom. The van der Waals surface area contributed by atoms with E-state index in [9.17, 15) is 9.90 Å². The van der Waals surface area contributed by atoms with E-state index in [4.69, 9.17) is 4.98 Å². The quantitative estimate of drug-likeness (QED) is 0.505. The Labute approximate surface area is 162 Å². The van der Waals surface area contributed by atoms with Gasteiger partial charge in [-0.2, -0.15) is 0 Å². The molecular weight excluding hydrogens is 358 g/mol. The van der Waals surface area contributed by atoms with Crippen molar-refractivity contribution in [2.75, 3.05) is 13.1 Å². The van der Waals surface area contributed by atoms with E-state index >= 15 is 0 Å². The fourth-order valence-corrected chi connectivity index (χ4v) is 4.50. The van der Waals surface area contributed by atoms with Crippen molar-refractivity contribution in [3.63, 3.8) is 0 Å². The molecule has 5 nitrogen and oxygen atoms in total. The predicted molar refractivity (Wildman–Crippen MR) is 110 cm³/mol. The molecule has 1 N–H and O–H groups in total. The van der Waals surface area contributed by atoms with Gasteiger partial charge < -0.3 is 10.0 Å². The van der Waals surface area contributed by atoms with Crippen molar-refractivity contribution in [2.45, 2.75) is 26.2 Å². The fraction of sp³-hybridized carbons (Fsp3) is 0.286. The molecule has 2 aromatic heterocycles. The maximum Gasteiger partial charge on any atom is 0.348 e. The Morgan fingerprint density at radius 1 is 1.22 bits per heavy atom. The third-order valence-electron chi connectivity index (χ3n) is 4.84. The van der Waals surface area contributed by atoms with Crippen molar-refractivity contribution >= 4 is 39.5 Å². The van der Waals surface area contributed by atoms with Gasteiger partial charge in [0.15, 0.2) is 0 Å². The number of aliphatic imine (C=N–C) groups is 1. The third kappa shape index (κ3) is 3.57. The molecule has 0 unspecified atom stereocenters. The molecule has 1 saturated heterocycles. The number of carboxylic acid groups (broad SMARTS) is 1. The number of piperidine rings is 1. The number of aromatic carboxylic acids is 1. The van der Waals surface area contributed by atoms with Crippen LogP contribution in [-0.2, 0) is 0 Å². The van der Waals surface area contributed by atoms with E-state index in [2.05, 4.69) is 9.89 Å². The van der Waals surface area contributed by atoms with E-state index < -0.39 is 5.97 Å². The number of hydrogen-bond donors (Lipinski definition) is 1. The molecule has 138 valence electrons. The molecule has 27 heavy (non-hydrogen) atoms. The summed E-state index contributed by atoms with van der Waals surface area (Å²) in [6.45, 7) is 3.95. The first-order valence-corrected chi connectivity index (χ1v) is 9.96. The smallest absolute Gasteiger partial charge is 0.348 e. The Bertz CT molecular complexity index is 1010. The number of fused-ring (bicyclic) bond motifs is 1. The lowest BCUT2D eigenvalue weighted by Gasteiger charge is -2.23. The summed E-state index contributed by atoms with van der Waals surface area (Å²) in [6.07, 6.45) is 5.36. The van der Waals surface area contributed by atoms with Gasteiger partial charge in [0.25, 0.3) is 0 Å². The van der Waals surface area contributed by atoms with Crippen LogP contribution in [0.3, 0.4) is 0 Å². The second kappa shape index (κ2) is 7.48. The molecule has 3 aromatic rings. The summed E-state index contributed by atoms with van der Waals surface area (Å²) in [5.41, 5.74) is 3.39. The molecule has 6 heteroatoms. The van der Waals surface area contributed by atoms with Crippen molar-refractivity contribution < 1.29 is 9.90 Å². The van der Waals surface area contributed by atoms with E-state index in [-0.39, 0.29) is 4.88 Å². The number of aromatic nitrogens is 1. The van der Waals surface area contributed by atoms with Crippen molar-refractivity contribution in [1.82, 2.24) is 9.88 Å². The molecule has 4 rings (SSSR count). The lowest BCUT2D eigenvalue weighted by Crippen LogP contribution is -2.28. The number of nitrogens with zero attached hydrogens (tertiary/aromatic N) is 3. The number of aryl methyl sites for hydroxylation is 1. The highest BCUT2D eigenvalue weighted by Crippen LogP contribution is 2.40. The van der Waals surface area contributed by atoms with Crippen molar-refractivity contribution in [3.8, 4) is 11.3 Å². The molecule has 0 saturated carbocycles. The minimum absolute atomic E-state index is 0.249. The van der Waals surface area contributed by atoms with Gasteiger partial charge in [0, 0.05) is 24.0 Å². The van der Waals surface area contributed by atoms with Gasteiger partial charge in [-0.3, -0.25) is 0 Å². The lowest BCUT2D eigenvalue weighted by atomic mass is 10.1. The Hall–Kier alpha value is -2.73. The van der Waals surface area contributed by atoms with E-state index in [0.717, 1.165) is 53.0 Å². The van der Waals surface area contributed by atoms with Crippen LogP contribution < -0.4 is 0 Å². The Morgan fingerprint density at radius 2 is 1.96 bits per heavy atom. The van der Waals surface area contributed by atoms with Gasteiger partial charge in [-0.15, -0.1) is 11.3 Å². The highest BCUT2D eigenvalue weighted by molar-refractivity contribution is 7.21. The maximum absolute atomic E-state index is 11.8. The summed E-state index contributed by atoms with van der Waals surface area (Å²) >= 11 is 1.20. The van der Waals surface area contributed by atoms with Crippen molar-refractivity contribution in [1.29, 1.82) is 0 Å². The number of carbonyl (C=O) groups is 1.